The number of hydrogen-bond acceptors (Lipinski definition) is 4. The minimum absolute atomic E-state index is 0.294. The first-order valence-corrected chi connectivity index (χ1v) is 5.73. The van der Waals surface area contributed by atoms with Gasteiger partial charge in [-0.05, 0) is 18.2 Å². The summed E-state index contributed by atoms with van der Waals surface area (Å²) in [6, 6.07) is 9.28. The zero-order chi connectivity index (χ0) is 12.8. The molecule has 0 aromatic heterocycles. The van der Waals surface area contributed by atoms with Crippen molar-refractivity contribution in [2.75, 3.05) is 14.2 Å². The average molecular weight is 244 g/mol. The fraction of sp³-hybridized carbons (Fsp3) is 0.286. The zero-order valence-corrected chi connectivity index (χ0v) is 10.5. The van der Waals surface area contributed by atoms with Crippen LogP contribution in [-0.2, 0) is 9.47 Å². The second-order valence-corrected chi connectivity index (χ2v) is 3.87. The maximum Gasteiger partial charge on any atom is 0.216 e. The van der Waals surface area contributed by atoms with Crippen LogP contribution >= 0.6 is 0 Å². The molecular formula is C14H16N2O2. The Kier molecular flexibility index (Phi) is 4.02. The molecule has 1 aliphatic carbocycles. The lowest BCUT2D eigenvalue weighted by Gasteiger charge is -2.32. The number of hydrogen-bond donors (Lipinski definition) is 0. The highest BCUT2D eigenvalue weighted by Gasteiger charge is 2.37. The van der Waals surface area contributed by atoms with Gasteiger partial charge in [0, 0.05) is 14.2 Å². The van der Waals surface area contributed by atoms with E-state index in [1.165, 1.54) is 0 Å². The molecule has 0 saturated carbocycles. The van der Waals surface area contributed by atoms with E-state index in [1.54, 1.807) is 14.2 Å². The molecule has 0 N–H and O–H groups in total. The van der Waals surface area contributed by atoms with Crippen molar-refractivity contribution in [3.8, 4) is 0 Å². The highest BCUT2D eigenvalue weighted by Crippen LogP contribution is 2.27. The fourth-order valence-electron chi connectivity index (χ4n) is 1.80. The number of nitrogens with zero attached hydrogens (tertiary/aromatic N) is 2. The Balaban J connectivity index is 2.19. The first kappa shape index (κ1) is 12.7. The van der Waals surface area contributed by atoms with Crippen LogP contribution in [0.2, 0.25) is 0 Å². The molecule has 0 saturated heterocycles. The summed E-state index contributed by atoms with van der Waals surface area (Å²) in [5.41, 5.74) is 0.807. The molecule has 1 aromatic carbocycles. The van der Waals surface area contributed by atoms with E-state index in [1.807, 2.05) is 54.6 Å². The number of methoxy groups -OCH3 is 2. The van der Waals surface area contributed by atoms with Gasteiger partial charge in [-0.3, -0.25) is 0 Å². The summed E-state index contributed by atoms with van der Waals surface area (Å²) in [5.74, 6) is -0.868. The Morgan fingerprint density at radius 1 is 1.06 bits per heavy atom. The number of azo groups is 1. The monoisotopic (exact) mass is 244 g/mol. The maximum absolute atomic E-state index is 5.41. The number of benzene rings is 1. The van der Waals surface area contributed by atoms with Crippen molar-refractivity contribution >= 4 is 5.69 Å². The minimum Gasteiger partial charge on any atom is -0.348 e. The quantitative estimate of drug-likeness (QED) is 0.602. The molecule has 0 aliphatic heterocycles. The standard InChI is InChI=1S/C14H16N2O2/c1-17-14(18-2)11-7-6-10-13(14)16-15-12-8-4-3-5-9-12/h3-11,13H,1-2H3/b16-15+. The van der Waals surface area contributed by atoms with Gasteiger partial charge in [-0.1, -0.05) is 36.4 Å². The molecule has 4 nitrogen and oxygen atoms in total. The first-order valence-electron chi connectivity index (χ1n) is 5.73. The molecule has 1 aromatic rings. The Labute approximate surface area is 107 Å². The molecule has 0 bridgehead atoms. The summed E-state index contributed by atoms with van der Waals surface area (Å²) in [6.07, 6.45) is 7.52. The van der Waals surface area contributed by atoms with Crippen molar-refractivity contribution in [3.05, 3.63) is 54.6 Å². The minimum atomic E-state index is -0.868. The van der Waals surface area contributed by atoms with Gasteiger partial charge in [-0.25, -0.2) is 0 Å². The van der Waals surface area contributed by atoms with E-state index >= 15 is 0 Å². The molecule has 18 heavy (non-hydrogen) atoms. The highest BCUT2D eigenvalue weighted by molar-refractivity contribution is 5.35. The van der Waals surface area contributed by atoms with Gasteiger partial charge in [0.1, 0.15) is 6.04 Å². The van der Waals surface area contributed by atoms with Crippen LogP contribution in [0.15, 0.2) is 64.9 Å². The molecule has 1 unspecified atom stereocenters. The molecule has 2 rings (SSSR count). The molecule has 1 aliphatic rings. The van der Waals surface area contributed by atoms with E-state index < -0.39 is 5.79 Å². The lowest BCUT2D eigenvalue weighted by atomic mass is 10.0. The predicted octanol–water partition coefficient (Wildman–Crippen LogP) is 3.25. The van der Waals surface area contributed by atoms with Crippen LogP contribution in [0.1, 0.15) is 0 Å². The van der Waals surface area contributed by atoms with Gasteiger partial charge >= 0.3 is 0 Å². The van der Waals surface area contributed by atoms with Crippen molar-refractivity contribution in [1.82, 2.24) is 0 Å². The van der Waals surface area contributed by atoms with Crippen molar-refractivity contribution in [3.63, 3.8) is 0 Å². The topological polar surface area (TPSA) is 43.2 Å². The van der Waals surface area contributed by atoms with Crippen LogP contribution in [0.4, 0.5) is 5.69 Å². The van der Waals surface area contributed by atoms with E-state index in [9.17, 15) is 0 Å². The van der Waals surface area contributed by atoms with Crippen LogP contribution < -0.4 is 0 Å². The van der Waals surface area contributed by atoms with E-state index in [0.717, 1.165) is 5.69 Å². The highest BCUT2D eigenvalue weighted by atomic mass is 16.7. The summed E-state index contributed by atoms with van der Waals surface area (Å²) >= 11 is 0. The van der Waals surface area contributed by atoms with Gasteiger partial charge in [0.25, 0.3) is 0 Å². The van der Waals surface area contributed by atoms with Crippen molar-refractivity contribution in [2.24, 2.45) is 10.2 Å². The van der Waals surface area contributed by atoms with Crippen molar-refractivity contribution in [2.45, 2.75) is 11.8 Å². The summed E-state index contributed by atoms with van der Waals surface area (Å²) in [4.78, 5) is 0. The predicted molar refractivity (Wildman–Crippen MR) is 69.8 cm³/mol. The molecule has 0 fully saturated rings. The Morgan fingerprint density at radius 2 is 1.78 bits per heavy atom. The number of rotatable bonds is 4. The first-order chi connectivity index (χ1) is 8.80. The normalized spacial score (nSPS) is 21.6. The van der Waals surface area contributed by atoms with Gasteiger partial charge < -0.3 is 9.47 Å². The Morgan fingerprint density at radius 3 is 2.44 bits per heavy atom. The zero-order valence-electron chi connectivity index (χ0n) is 10.5. The van der Waals surface area contributed by atoms with E-state index in [0.29, 0.717) is 0 Å². The Bertz CT molecular complexity index is 462. The molecule has 0 spiro atoms. The SMILES string of the molecule is COC1(OC)C=CC=CC1/N=N/c1ccccc1. The summed E-state index contributed by atoms with van der Waals surface area (Å²) in [7, 11) is 3.19. The molecular weight excluding hydrogens is 228 g/mol. The summed E-state index contributed by atoms with van der Waals surface area (Å²) in [6.45, 7) is 0. The third-order valence-corrected chi connectivity index (χ3v) is 2.84. The van der Waals surface area contributed by atoms with E-state index in [-0.39, 0.29) is 6.04 Å². The van der Waals surface area contributed by atoms with Crippen LogP contribution in [-0.4, -0.2) is 26.0 Å². The number of allylic oxidation sites excluding steroid dienone is 2. The van der Waals surface area contributed by atoms with Crippen molar-refractivity contribution < 1.29 is 9.47 Å². The van der Waals surface area contributed by atoms with Gasteiger partial charge in [-0.2, -0.15) is 10.2 Å². The summed E-state index contributed by atoms with van der Waals surface area (Å²) in [5, 5.41) is 8.49. The average Bonchev–Trinajstić information content (AvgIpc) is 2.46. The van der Waals surface area contributed by atoms with Crippen LogP contribution in [0.5, 0.6) is 0 Å². The molecule has 0 amide bonds. The lowest BCUT2D eigenvalue weighted by Crippen LogP contribution is -2.43. The van der Waals surface area contributed by atoms with E-state index in [2.05, 4.69) is 10.2 Å². The second-order valence-electron chi connectivity index (χ2n) is 3.87. The van der Waals surface area contributed by atoms with Crippen LogP contribution in [0.3, 0.4) is 0 Å². The third-order valence-electron chi connectivity index (χ3n) is 2.84. The van der Waals surface area contributed by atoms with Gasteiger partial charge in [0.2, 0.25) is 5.79 Å². The number of ether oxygens (including phenoxy) is 2. The fourth-order valence-corrected chi connectivity index (χ4v) is 1.80. The molecule has 1 atom stereocenters. The maximum atomic E-state index is 5.41. The molecule has 0 heterocycles. The van der Waals surface area contributed by atoms with Crippen LogP contribution in [0.25, 0.3) is 0 Å². The van der Waals surface area contributed by atoms with E-state index in [4.69, 9.17) is 9.47 Å². The summed E-state index contributed by atoms with van der Waals surface area (Å²) < 4.78 is 10.8. The van der Waals surface area contributed by atoms with Gasteiger partial charge in [0.05, 0.1) is 5.69 Å². The van der Waals surface area contributed by atoms with Crippen LogP contribution in [0, 0.1) is 0 Å². The largest absolute Gasteiger partial charge is 0.348 e. The lowest BCUT2D eigenvalue weighted by molar-refractivity contribution is -0.176. The molecule has 4 heteroatoms. The molecule has 0 radical (unpaired) electrons. The van der Waals surface area contributed by atoms with Gasteiger partial charge in [0.15, 0.2) is 0 Å². The van der Waals surface area contributed by atoms with Gasteiger partial charge in [-0.15, -0.1) is 0 Å². The second kappa shape index (κ2) is 5.71. The smallest absolute Gasteiger partial charge is 0.216 e. The third kappa shape index (κ3) is 2.55. The molecule has 94 valence electrons. The Hall–Kier alpha value is -1.78. The van der Waals surface area contributed by atoms with Crippen molar-refractivity contribution in [1.29, 1.82) is 0 Å².